The van der Waals surface area contributed by atoms with Crippen molar-refractivity contribution in [2.75, 3.05) is 23.1 Å². The molecule has 2 saturated carbocycles. The number of nitrogens with one attached hydrogen (secondary N) is 3. The molecule has 0 unspecified atom stereocenters. The lowest BCUT2D eigenvalue weighted by Crippen LogP contribution is -2.26. The smallest absolute Gasteiger partial charge is 0.338 e. The number of carbonyl (C=O) groups is 4. The molecule has 0 atom stereocenters. The van der Waals surface area contributed by atoms with Gasteiger partial charge in [0, 0.05) is 34.5 Å². The van der Waals surface area contributed by atoms with Gasteiger partial charge in [0.15, 0.2) is 0 Å². The van der Waals surface area contributed by atoms with Crippen molar-refractivity contribution in [1.82, 2.24) is 0 Å². The van der Waals surface area contributed by atoms with Gasteiger partial charge in [-0.05, 0) is 68.5 Å². The first-order valence-corrected chi connectivity index (χ1v) is 13.6. The molecule has 0 spiro atoms. The first kappa shape index (κ1) is 27.4. The molecule has 2 aliphatic rings. The van der Waals surface area contributed by atoms with Crippen LogP contribution in [-0.4, -0.2) is 30.8 Å². The Kier molecular flexibility index (Phi) is 9.15. The van der Waals surface area contributed by atoms with E-state index in [1.54, 1.807) is 43.3 Å². The van der Waals surface area contributed by atoms with Crippen LogP contribution in [0.5, 0.6) is 0 Å². The van der Waals surface area contributed by atoms with E-state index in [1.807, 2.05) is 0 Å². The van der Waals surface area contributed by atoms with Gasteiger partial charge < -0.3 is 20.7 Å². The third kappa shape index (κ3) is 6.79. The summed E-state index contributed by atoms with van der Waals surface area (Å²) in [5, 5.41) is 8.81. The van der Waals surface area contributed by atoms with Gasteiger partial charge in [-0.15, -0.1) is 0 Å². The van der Waals surface area contributed by atoms with Gasteiger partial charge in [0.05, 0.1) is 12.7 Å². The number of rotatable bonds is 7. The van der Waals surface area contributed by atoms with E-state index in [9.17, 15) is 19.2 Å². The fraction of sp³-hybridized carbons (Fsp3) is 0.467. The highest BCUT2D eigenvalue weighted by Gasteiger charge is 2.24. The summed E-state index contributed by atoms with van der Waals surface area (Å²) < 4.78 is 4.83. The Balaban J connectivity index is 1.58. The number of esters is 1. The Morgan fingerprint density at radius 1 is 0.737 bits per heavy atom. The monoisotopic (exact) mass is 519 g/mol. The molecule has 38 heavy (non-hydrogen) atoms. The zero-order valence-electron chi connectivity index (χ0n) is 22.2. The summed E-state index contributed by atoms with van der Waals surface area (Å²) in [6, 6.07) is 9.96. The molecule has 2 fully saturated rings. The summed E-state index contributed by atoms with van der Waals surface area (Å²) in [5.41, 5.74) is 2.63. The second-order valence-corrected chi connectivity index (χ2v) is 10.4. The van der Waals surface area contributed by atoms with E-state index in [-0.39, 0.29) is 29.2 Å². The average molecular weight is 520 g/mol. The molecule has 2 aromatic rings. The fourth-order valence-corrected chi connectivity index (χ4v) is 5.42. The Labute approximate surface area is 223 Å². The SMILES string of the molecule is COC(=O)c1cccc(NC(=O)c2cc(NC(=O)C3CCCCC3)cc(NC(=O)C3CCCCC3)c2)c1C. The standard InChI is InChI=1S/C30H37N3O5/c1-19-25(30(37)38-2)14-9-15-26(19)33-29(36)22-16-23(31-27(34)20-10-5-3-6-11-20)18-24(17-22)32-28(35)21-12-7-4-8-13-21/h9,14-18,20-21H,3-8,10-13H2,1-2H3,(H,31,34)(H,32,35)(H,33,36). The molecular formula is C30H37N3O5. The zero-order chi connectivity index (χ0) is 27.1. The summed E-state index contributed by atoms with van der Waals surface area (Å²) in [6.45, 7) is 1.73. The van der Waals surface area contributed by atoms with Crippen LogP contribution >= 0.6 is 0 Å². The molecule has 0 aromatic heterocycles. The minimum atomic E-state index is -0.487. The van der Waals surface area contributed by atoms with Crippen molar-refractivity contribution < 1.29 is 23.9 Å². The summed E-state index contributed by atoms with van der Waals surface area (Å²) in [5.74, 6) is -1.13. The summed E-state index contributed by atoms with van der Waals surface area (Å²) in [7, 11) is 1.31. The van der Waals surface area contributed by atoms with Crippen molar-refractivity contribution in [2.24, 2.45) is 11.8 Å². The Bertz CT molecular complexity index is 1150. The molecule has 0 saturated heterocycles. The van der Waals surface area contributed by atoms with Gasteiger partial charge in [0.25, 0.3) is 5.91 Å². The molecule has 3 amide bonds. The highest BCUT2D eigenvalue weighted by molar-refractivity contribution is 6.08. The van der Waals surface area contributed by atoms with E-state index in [0.29, 0.717) is 28.2 Å². The number of hydrogen-bond donors (Lipinski definition) is 3. The molecule has 2 aliphatic carbocycles. The average Bonchev–Trinajstić information content (AvgIpc) is 2.94. The fourth-order valence-electron chi connectivity index (χ4n) is 5.42. The third-order valence-electron chi connectivity index (χ3n) is 7.67. The van der Waals surface area contributed by atoms with Crippen molar-refractivity contribution in [3.8, 4) is 0 Å². The molecule has 3 N–H and O–H groups in total. The zero-order valence-corrected chi connectivity index (χ0v) is 22.2. The van der Waals surface area contributed by atoms with E-state index < -0.39 is 11.9 Å². The molecule has 0 radical (unpaired) electrons. The van der Waals surface area contributed by atoms with Crippen LogP contribution < -0.4 is 16.0 Å². The number of anilines is 3. The van der Waals surface area contributed by atoms with E-state index in [2.05, 4.69) is 16.0 Å². The van der Waals surface area contributed by atoms with E-state index in [1.165, 1.54) is 7.11 Å². The predicted molar refractivity (Wildman–Crippen MR) is 147 cm³/mol. The molecule has 8 nitrogen and oxygen atoms in total. The van der Waals surface area contributed by atoms with Gasteiger partial charge in [-0.2, -0.15) is 0 Å². The van der Waals surface area contributed by atoms with Crippen molar-refractivity contribution in [1.29, 1.82) is 0 Å². The lowest BCUT2D eigenvalue weighted by atomic mass is 9.88. The molecular weight excluding hydrogens is 482 g/mol. The van der Waals surface area contributed by atoms with E-state index in [4.69, 9.17) is 4.74 Å². The Morgan fingerprint density at radius 2 is 1.26 bits per heavy atom. The van der Waals surface area contributed by atoms with E-state index in [0.717, 1.165) is 64.2 Å². The van der Waals surface area contributed by atoms with Crippen molar-refractivity contribution in [3.05, 3.63) is 53.1 Å². The predicted octanol–water partition coefficient (Wildman–Crippen LogP) is 6.07. The minimum absolute atomic E-state index is 0.0507. The van der Waals surface area contributed by atoms with Gasteiger partial charge in [0.2, 0.25) is 11.8 Å². The number of carbonyl (C=O) groups excluding carboxylic acids is 4. The number of amides is 3. The largest absolute Gasteiger partial charge is 0.465 e. The topological polar surface area (TPSA) is 114 Å². The van der Waals surface area contributed by atoms with Crippen LogP contribution in [0.3, 0.4) is 0 Å². The molecule has 0 aliphatic heterocycles. The molecule has 2 aromatic carbocycles. The highest BCUT2D eigenvalue weighted by atomic mass is 16.5. The maximum absolute atomic E-state index is 13.3. The maximum Gasteiger partial charge on any atom is 0.338 e. The maximum atomic E-state index is 13.3. The van der Waals surface area contributed by atoms with E-state index >= 15 is 0 Å². The summed E-state index contributed by atoms with van der Waals surface area (Å²) in [4.78, 5) is 51.3. The van der Waals surface area contributed by atoms with Crippen LogP contribution in [-0.2, 0) is 14.3 Å². The summed E-state index contributed by atoms with van der Waals surface area (Å²) >= 11 is 0. The minimum Gasteiger partial charge on any atom is -0.465 e. The number of methoxy groups -OCH3 is 1. The Hall–Kier alpha value is -3.68. The first-order chi connectivity index (χ1) is 18.4. The van der Waals surface area contributed by atoms with Crippen LogP contribution in [0, 0.1) is 18.8 Å². The normalized spacial score (nSPS) is 16.4. The van der Waals surface area contributed by atoms with Gasteiger partial charge in [-0.25, -0.2) is 4.79 Å². The van der Waals surface area contributed by atoms with Crippen LogP contribution in [0.15, 0.2) is 36.4 Å². The van der Waals surface area contributed by atoms with Crippen LogP contribution in [0.4, 0.5) is 17.1 Å². The lowest BCUT2D eigenvalue weighted by molar-refractivity contribution is -0.121. The molecule has 4 rings (SSSR count). The highest BCUT2D eigenvalue weighted by Crippen LogP contribution is 2.29. The van der Waals surface area contributed by atoms with Gasteiger partial charge in [0.1, 0.15) is 0 Å². The van der Waals surface area contributed by atoms with Gasteiger partial charge in [-0.1, -0.05) is 44.6 Å². The molecule has 0 heterocycles. The lowest BCUT2D eigenvalue weighted by Gasteiger charge is -2.22. The third-order valence-corrected chi connectivity index (χ3v) is 7.67. The number of ether oxygens (including phenoxy) is 1. The second-order valence-electron chi connectivity index (χ2n) is 10.4. The molecule has 0 bridgehead atoms. The number of hydrogen-bond acceptors (Lipinski definition) is 5. The van der Waals surface area contributed by atoms with Gasteiger partial charge in [-0.3, -0.25) is 14.4 Å². The summed E-state index contributed by atoms with van der Waals surface area (Å²) in [6.07, 6.45) is 9.85. The molecule has 202 valence electrons. The van der Waals surface area contributed by atoms with Crippen LogP contribution in [0.1, 0.15) is 90.5 Å². The second kappa shape index (κ2) is 12.7. The van der Waals surface area contributed by atoms with Gasteiger partial charge >= 0.3 is 5.97 Å². The van der Waals surface area contributed by atoms with Crippen molar-refractivity contribution in [2.45, 2.75) is 71.1 Å². The van der Waals surface area contributed by atoms with Crippen molar-refractivity contribution >= 4 is 40.8 Å². The van der Waals surface area contributed by atoms with Crippen LogP contribution in [0.2, 0.25) is 0 Å². The molecule has 8 heteroatoms. The first-order valence-electron chi connectivity index (χ1n) is 13.6. The van der Waals surface area contributed by atoms with Crippen LogP contribution in [0.25, 0.3) is 0 Å². The Morgan fingerprint density at radius 3 is 1.76 bits per heavy atom. The number of benzene rings is 2. The quantitative estimate of drug-likeness (QED) is 0.384. The van der Waals surface area contributed by atoms with Crippen molar-refractivity contribution in [3.63, 3.8) is 0 Å².